The lowest BCUT2D eigenvalue weighted by Crippen LogP contribution is -2.06. The first kappa shape index (κ1) is 15.6. The van der Waals surface area contributed by atoms with Gasteiger partial charge in [0.2, 0.25) is 5.82 Å². The normalized spacial score (nSPS) is 11.7. The molecule has 0 spiro atoms. The molecular formula is C19H12F2N6. The van der Waals surface area contributed by atoms with Crippen LogP contribution in [0.25, 0.3) is 33.8 Å². The second-order valence-corrected chi connectivity index (χ2v) is 5.97. The molecule has 5 aromatic rings. The quantitative estimate of drug-likeness (QED) is 0.485. The highest BCUT2D eigenvalue weighted by Crippen LogP contribution is 2.25. The highest BCUT2D eigenvalue weighted by molar-refractivity contribution is 5.82. The van der Waals surface area contributed by atoms with Gasteiger partial charge < -0.3 is 0 Å². The molecule has 0 aliphatic rings. The number of rotatable bonds is 3. The number of fused-ring (bicyclic) bond motifs is 2. The average molecular weight is 362 g/mol. The van der Waals surface area contributed by atoms with Crippen LogP contribution in [0.3, 0.4) is 0 Å². The van der Waals surface area contributed by atoms with Crippen molar-refractivity contribution in [3.05, 3.63) is 72.9 Å². The van der Waals surface area contributed by atoms with E-state index in [0.29, 0.717) is 11.5 Å². The van der Waals surface area contributed by atoms with Crippen LogP contribution in [0.15, 0.2) is 67.3 Å². The lowest BCUT2D eigenvalue weighted by molar-refractivity contribution is 0.146. The fraction of sp³-hybridized carbons (Fsp3) is 0.0526. The van der Waals surface area contributed by atoms with Crippen molar-refractivity contribution >= 4 is 16.4 Å². The van der Waals surface area contributed by atoms with Gasteiger partial charge in [0.1, 0.15) is 16.9 Å². The lowest BCUT2D eigenvalue weighted by atomic mass is 10.3. The van der Waals surface area contributed by atoms with Gasteiger partial charge in [-0.15, -0.1) is 5.10 Å². The van der Waals surface area contributed by atoms with Gasteiger partial charge in [0.25, 0.3) is 6.43 Å². The van der Waals surface area contributed by atoms with Crippen molar-refractivity contribution in [3.63, 3.8) is 0 Å². The van der Waals surface area contributed by atoms with Gasteiger partial charge in [-0.05, 0) is 36.4 Å². The number of alkyl halides is 2. The summed E-state index contributed by atoms with van der Waals surface area (Å²) in [6, 6.07) is 12.0. The number of halogens is 2. The van der Waals surface area contributed by atoms with Crippen molar-refractivity contribution in [2.24, 2.45) is 0 Å². The number of nitrogens with zero attached hydrogens (tertiary/aromatic N) is 6. The first-order chi connectivity index (χ1) is 13.2. The summed E-state index contributed by atoms with van der Waals surface area (Å²) in [5.41, 5.74) is 1.72. The Morgan fingerprint density at radius 2 is 1.81 bits per heavy atom. The summed E-state index contributed by atoms with van der Waals surface area (Å²) < 4.78 is 29.6. The molecule has 5 rings (SSSR count). The SMILES string of the molecule is FC(F)c1cccc(-c2nc(-n3ccc4cnccc43)c3cccn3n2)n1. The Morgan fingerprint density at radius 1 is 0.889 bits per heavy atom. The molecule has 27 heavy (non-hydrogen) atoms. The molecule has 0 N–H and O–H groups in total. The molecule has 0 fully saturated rings. The van der Waals surface area contributed by atoms with Gasteiger partial charge >= 0.3 is 0 Å². The predicted octanol–water partition coefficient (Wildman–Crippen LogP) is 4.07. The van der Waals surface area contributed by atoms with Crippen molar-refractivity contribution < 1.29 is 8.78 Å². The summed E-state index contributed by atoms with van der Waals surface area (Å²) in [5, 5.41) is 5.40. The van der Waals surface area contributed by atoms with Gasteiger partial charge in [-0.1, -0.05) is 6.07 Å². The van der Waals surface area contributed by atoms with Gasteiger partial charge in [-0.2, -0.15) is 0 Å². The maximum absolute atomic E-state index is 13.0. The largest absolute Gasteiger partial charge is 0.299 e. The second kappa shape index (κ2) is 5.94. The summed E-state index contributed by atoms with van der Waals surface area (Å²) in [6.07, 6.45) is 4.52. The second-order valence-electron chi connectivity index (χ2n) is 5.97. The van der Waals surface area contributed by atoms with E-state index in [9.17, 15) is 8.78 Å². The molecular weight excluding hydrogens is 350 g/mol. The number of aromatic nitrogens is 6. The zero-order valence-corrected chi connectivity index (χ0v) is 13.9. The molecule has 0 amide bonds. The van der Waals surface area contributed by atoms with E-state index in [0.717, 1.165) is 16.4 Å². The Bertz CT molecular complexity index is 1270. The first-order valence-electron chi connectivity index (χ1n) is 8.23. The minimum atomic E-state index is -2.65. The molecule has 0 saturated heterocycles. The molecule has 8 heteroatoms. The third-order valence-electron chi connectivity index (χ3n) is 4.31. The average Bonchev–Trinajstić information content (AvgIpc) is 3.34. The molecule has 0 bridgehead atoms. The fourth-order valence-corrected chi connectivity index (χ4v) is 3.07. The van der Waals surface area contributed by atoms with Crippen molar-refractivity contribution in [2.45, 2.75) is 6.43 Å². The lowest BCUT2D eigenvalue weighted by Gasteiger charge is -2.10. The number of hydrogen-bond acceptors (Lipinski definition) is 4. The Kier molecular flexibility index (Phi) is 3.43. The van der Waals surface area contributed by atoms with Crippen LogP contribution in [0.2, 0.25) is 0 Å². The highest BCUT2D eigenvalue weighted by Gasteiger charge is 2.16. The molecule has 0 aliphatic heterocycles. The minimum absolute atomic E-state index is 0.270. The summed E-state index contributed by atoms with van der Waals surface area (Å²) >= 11 is 0. The van der Waals surface area contributed by atoms with E-state index in [1.807, 2.05) is 35.0 Å². The van der Waals surface area contributed by atoms with Gasteiger partial charge in [0, 0.05) is 30.2 Å². The Labute approximate surface area is 151 Å². The molecule has 0 saturated carbocycles. The van der Waals surface area contributed by atoms with E-state index in [2.05, 4.69) is 20.1 Å². The van der Waals surface area contributed by atoms with Gasteiger partial charge in [-0.3, -0.25) is 9.55 Å². The fourth-order valence-electron chi connectivity index (χ4n) is 3.07. The first-order valence-corrected chi connectivity index (χ1v) is 8.23. The third kappa shape index (κ3) is 2.53. The van der Waals surface area contributed by atoms with E-state index >= 15 is 0 Å². The third-order valence-corrected chi connectivity index (χ3v) is 4.31. The van der Waals surface area contributed by atoms with Gasteiger partial charge in [0.15, 0.2) is 5.82 Å². The smallest absolute Gasteiger partial charge is 0.280 e. The number of pyridine rings is 2. The molecule has 5 heterocycles. The standard InChI is InChI=1S/C19H12F2N6/c20-17(21)13-3-1-4-14(23-13)18-24-19(16-5-2-9-27(16)25-18)26-10-7-12-11-22-8-6-15(12)26/h1-11,17H. The summed E-state index contributed by atoms with van der Waals surface area (Å²) in [4.78, 5) is 12.8. The maximum Gasteiger partial charge on any atom is 0.280 e. The summed E-state index contributed by atoms with van der Waals surface area (Å²) in [6.45, 7) is 0. The molecule has 5 aromatic heterocycles. The van der Waals surface area contributed by atoms with Crippen LogP contribution in [-0.2, 0) is 0 Å². The molecule has 6 nitrogen and oxygen atoms in total. The molecule has 0 unspecified atom stereocenters. The molecule has 0 atom stereocenters. The van der Waals surface area contributed by atoms with E-state index < -0.39 is 6.43 Å². The van der Waals surface area contributed by atoms with Crippen molar-refractivity contribution in [1.29, 1.82) is 0 Å². The Hall–Kier alpha value is -3.68. The van der Waals surface area contributed by atoms with Crippen LogP contribution in [0.4, 0.5) is 8.78 Å². The Morgan fingerprint density at radius 3 is 2.70 bits per heavy atom. The monoisotopic (exact) mass is 362 g/mol. The molecule has 0 aromatic carbocycles. The zero-order chi connectivity index (χ0) is 18.4. The highest BCUT2D eigenvalue weighted by atomic mass is 19.3. The van der Waals surface area contributed by atoms with Crippen molar-refractivity contribution in [1.82, 2.24) is 29.1 Å². The van der Waals surface area contributed by atoms with Crippen LogP contribution >= 0.6 is 0 Å². The van der Waals surface area contributed by atoms with E-state index in [-0.39, 0.29) is 11.5 Å². The van der Waals surface area contributed by atoms with E-state index in [4.69, 9.17) is 0 Å². The van der Waals surface area contributed by atoms with E-state index in [1.54, 1.807) is 29.2 Å². The molecule has 0 radical (unpaired) electrons. The van der Waals surface area contributed by atoms with Crippen molar-refractivity contribution in [2.75, 3.05) is 0 Å². The van der Waals surface area contributed by atoms with Crippen molar-refractivity contribution in [3.8, 4) is 17.3 Å². The number of hydrogen-bond donors (Lipinski definition) is 0. The Balaban J connectivity index is 1.76. The molecule has 132 valence electrons. The van der Waals surface area contributed by atoms with Crippen LogP contribution in [0.1, 0.15) is 12.1 Å². The van der Waals surface area contributed by atoms with Crippen LogP contribution in [0.5, 0.6) is 0 Å². The zero-order valence-electron chi connectivity index (χ0n) is 13.9. The van der Waals surface area contributed by atoms with Gasteiger partial charge in [-0.25, -0.2) is 23.3 Å². The van der Waals surface area contributed by atoms with Gasteiger partial charge in [0.05, 0.1) is 5.52 Å². The minimum Gasteiger partial charge on any atom is -0.299 e. The maximum atomic E-state index is 13.0. The predicted molar refractivity (Wildman–Crippen MR) is 95.8 cm³/mol. The summed E-state index contributed by atoms with van der Waals surface area (Å²) in [7, 11) is 0. The van der Waals surface area contributed by atoms with E-state index in [1.165, 1.54) is 12.1 Å². The van der Waals surface area contributed by atoms with Crippen LogP contribution < -0.4 is 0 Å². The van der Waals surface area contributed by atoms with Crippen LogP contribution in [-0.4, -0.2) is 29.1 Å². The van der Waals surface area contributed by atoms with Crippen LogP contribution in [0, 0.1) is 0 Å². The summed E-state index contributed by atoms with van der Waals surface area (Å²) in [5.74, 6) is 0.905. The topological polar surface area (TPSA) is 60.9 Å². The molecule has 0 aliphatic carbocycles.